The van der Waals surface area contributed by atoms with Gasteiger partial charge in [-0.25, -0.2) is 0 Å². The summed E-state index contributed by atoms with van der Waals surface area (Å²) in [4.78, 5) is 25.2. The fraction of sp³-hybridized carbons (Fsp3) is 0.500. The number of likely N-dealkylation sites (N-methyl/N-ethyl adjacent to an activating group) is 1. The Morgan fingerprint density at radius 1 is 1.29 bits per heavy atom. The molecule has 21 heavy (non-hydrogen) atoms. The first-order chi connectivity index (χ1) is 10.0. The molecular weight excluding hydrogens is 270 g/mol. The maximum Gasteiger partial charge on any atom is 0.314 e. The molecule has 1 amide bonds. The van der Waals surface area contributed by atoms with Crippen LogP contribution in [-0.2, 0) is 15.0 Å². The van der Waals surface area contributed by atoms with E-state index in [1.54, 1.807) is 18.0 Å². The smallest absolute Gasteiger partial charge is 0.314 e. The number of fused-ring (bicyclic) bond motifs is 1. The summed E-state index contributed by atoms with van der Waals surface area (Å²) in [6.45, 7) is 0.0346. The third-order valence-corrected chi connectivity index (χ3v) is 4.71. The summed E-state index contributed by atoms with van der Waals surface area (Å²) in [6.07, 6.45) is 4.24. The summed E-state index contributed by atoms with van der Waals surface area (Å²) in [5.74, 6) is -0.252. The van der Waals surface area contributed by atoms with Crippen molar-refractivity contribution in [2.75, 3.05) is 18.6 Å². The third-order valence-electron chi connectivity index (χ3n) is 4.71. The highest BCUT2D eigenvalue weighted by atomic mass is 16.5. The highest BCUT2D eigenvalue weighted by Gasteiger charge is 2.42. The minimum atomic E-state index is -0.825. The van der Waals surface area contributed by atoms with E-state index in [1.807, 2.05) is 12.1 Å². The van der Waals surface area contributed by atoms with Gasteiger partial charge in [0.05, 0.1) is 11.1 Å². The normalized spacial score (nSPS) is 20.6. The van der Waals surface area contributed by atoms with Gasteiger partial charge in [0.2, 0.25) is 0 Å². The lowest BCUT2D eigenvalue weighted by Crippen LogP contribution is -2.39. The van der Waals surface area contributed by atoms with Crippen LogP contribution < -0.4 is 9.64 Å². The predicted molar refractivity (Wildman–Crippen MR) is 77.7 cm³/mol. The Balaban J connectivity index is 2.06. The highest BCUT2D eigenvalue weighted by molar-refractivity contribution is 5.97. The number of benzene rings is 1. The standard InChI is InChI=1S/C16H19NO4/c1-17-12-9-11(5-6-13(12)21-10-14(17)18)16(15(19)20)7-3-2-4-8-16/h5-6,9H,2-4,7-8,10H2,1H3,(H,19,20). The van der Waals surface area contributed by atoms with Crippen molar-refractivity contribution < 1.29 is 19.4 Å². The van der Waals surface area contributed by atoms with Crippen LogP contribution in [0.4, 0.5) is 5.69 Å². The van der Waals surface area contributed by atoms with E-state index in [1.165, 1.54) is 0 Å². The molecule has 0 saturated heterocycles. The molecule has 2 aliphatic rings. The number of carbonyl (C=O) groups excluding carboxylic acids is 1. The van der Waals surface area contributed by atoms with Gasteiger partial charge >= 0.3 is 5.97 Å². The van der Waals surface area contributed by atoms with E-state index in [0.717, 1.165) is 24.8 Å². The number of hydrogen-bond acceptors (Lipinski definition) is 3. The Kier molecular flexibility index (Phi) is 3.35. The molecule has 1 fully saturated rings. The van der Waals surface area contributed by atoms with E-state index in [0.29, 0.717) is 24.3 Å². The number of aliphatic carboxylic acids is 1. The maximum absolute atomic E-state index is 11.9. The molecule has 5 nitrogen and oxygen atoms in total. The van der Waals surface area contributed by atoms with Crippen LogP contribution in [0, 0.1) is 0 Å². The SMILES string of the molecule is CN1C(=O)COc2ccc(C3(C(=O)O)CCCCC3)cc21. The first kappa shape index (κ1) is 13.9. The molecule has 0 aromatic heterocycles. The molecule has 1 N–H and O–H groups in total. The van der Waals surface area contributed by atoms with Crippen molar-refractivity contribution in [3.63, 3.8) is 0 Å². The molecule has 112 valence electrons. The number of carboxylic acid groups (broad SMARTS) is 1. The van der Waals surface area contributed by atoms with E-state index in [9.17, 15) is 14.7 Å². The Labute approximate surface area is 123 Å². The van der Waals surface area contributed by atoms with Gasteiger partial charge in [-0.2, -0.15) is 0 Å². The summed E-state index contributed by atoms with van der Waals surface area (Å²) in [5.41, 5.74) is 0.614. The molecule has 0 spiro atoms. The highest BCUT2D eigenvalue weighted by Crippen LogP contribution is 2.43. The molecule has 0 bridgehead atoms. The molecule has 1 heterocycles. The second-order valence-corrected chi connectivity index (χ2v) is 5.87. The number of hydrogen-bond donors (Lipinski definition) is 1. The summed E-state index contributed by atoms with van der Waals surface area (Å²) < 4.78 is 5.40. The van der Waals surface area contributed by atoms with E-state index in [-0.39, 0.29) is 12.5 Å². The van der Waals surface area contributed by atoms with Crippen molar-refractivity contribution in [2.45, 2.75) is 37.5 Å². The molecule has 1 aliphatic carbocycles. The average Bonchev–Trinajstić information content (AvgIpc) is 2.51. The zero-order valence-corrected chi connectivity index (χ0v) is 12.1. The van der Waals surface area contributed by atoms with Gasteiger partial charge in [0, 0.05) is 7.05 Å². The number of anilines is 1. The van der Waals surface area contributed by atoms with Gasteiger partial charge in [-0.3, -0.25) is 9.59 Å². The van der Waals surface area contributed by atoms with E-state index in [2.05, 4.69) is 0 Å². The molecule has 1 aromatic rings. The predicted octanol–water partition coefficient (Wildman–Crippen LogP) is 2.33. The number of carboxylic acids is 1. The number of ether oxygens (including phenoxy) is 1. The first-order valence-electron chi connectivity index (χ1n) is 7.32. The van der Waals surface area contributed by atoms with Gasteiger partial charge in [-0.15, -0.1) is 0 Å². The lowest BCUT2D eigenvalue weighted by atomic mass is 9.69. The van der Waals surface area contributed by atoms with Crippen molar-refractivity contribution in [2.24, 2.45) is 0 Å². The van der Waals surface area contributed by atoms with Gasteiger partial charge in [0.1, 0.15) is 5.75 Å². The minimum Gasteiger partial charge on any atom is -0.482 e. The number of carbonyl (C=O) groups is 2. The van der Waals surface area contributed by atoms with Gasteiger partial charge in [0.15, 0.2) is 6.61 Å². The molecule has 3 rings (SSSR count). The quantitative estimate of drug-likeness (QED) is 0.907. The van der Waals surface area contributed by atoms with Crippen molar-refractivity contribution >= 4 is 17.6 Å². The van der Waals surface area contributed by atoms with Crippen LogP contribution in [0.2, 0.25) is 0 Å². The number of amides is 1. The zero-order chi connectivity index (χ0) is 15.0. The maximum atomic E-state index is 11.9. The Morgan fingerprint density at radius 3 is 2.67 bits per heavy atom. The Hall–Kier alpha value is -2.04. The topological polar surface area (TPSA) is 66.8 Å². The number of nitrogens with zero attached hydrogens (tertiary/aromatic N) is 1. The summed E-state index contributed by atoms with van der Waals surface area (Å²) in [7, 11) is 1.70. The number of rotatable bonds is 2. The Bertz CT molecular complexity index is 590. The second kappa shape index (κ2) is 5.06. The molecule has 1 aliphatic heterocycles. The molecule has 1 aromatic carbocycles. The van der Waals surface area contributed by atoms with E-state index >= 15 is 0 Å². The molecule has 0 unspecified atom stereocenters. The van der Waals surface area contributed by atoms with Gasteiger partial charge in [-0.1, -0.05) is 25.3 Å². The fourth-order valence-corrected chi connectivity index (χ4v) is 3.35. The van der Waals surface area contributed by atoms with Gasteiger partial charge in [0.25, 0.3) is 5.91 Å². The minimum absolute atomic E-state index is 0.0346. The van der Waals surface area contributed by atoms with Gasteiger partial charge < -0.3 is 14.7 Å². The van der Waals surface area contributed by atoms with Crippen LogP contribution in [0.25, 0.3) is 0 Å². The van der Waals surface area contributed by atoms with Crippen LogP contribution in [0.15, 0.2) is 18.2 Å². The van der Waals surface area contributed by atoms with Crippen molar-refractivity contribution in [1.29, 1.82) is 0 Å². The molecular formula is C16H19NO4. The van der Waals surface area contributed by atoms with Crippen molar-refractivity contribution in [1.82, 2.24) is 0 Å². The van der Waals surface area contributed by atoms with Gasteiger partial charge in [-0.05, 0) is 30.5 Å². The van der Waals surface area contributed by atoms with Crippen LogP contribution in [0.5, 0.6) is 5.75 Å². The van der Waals surface area contributed by atoms with Crippen LogP contribution in [0.1, 0.15) is 37.7 Å². The molecule has 1 saturated carbocycles. The summed E-state index contributed by atoms with van der Waals surface area (Å²) in [5, 5.41) is 9.75. The average molecular weight is 289 g/mol. The van der Waals surface area contributed by atoms with Crippen molar-refractivity contribution in [3.8, 4) is 5.75 Å². The lowest BCUT2D eigenvalue weighted by Gasteiger charge is -2.35. The summed E-state index contributed by atoms with van der Waals surface area (Å²) in [6, 6.07) is 5.43. The van der Waals surface area contributed by atoms with Crippen LogP contribution in [0.3, 0.4) is 0 Å². The summed E-state index contributed by atoms with van der Waals surface area (Å²) >= 11 is 0. The largest absolute Gasteiger partial charge is 0.482 e. The van der Waals surface area contributed by atoms with Crippen LogP contribution in [-0.4, -0.2) is 30.6 Å². The molecule has 0 atom stereocenters. The fourth-order valence-electron chi connectivity index (χ4n) is 3.35. The third kappa shape index (κ3) is 2.17. The van der Waals surface area contributed by atoms with E-state index in [4.69, 9.17) is 4.74 Å². The first-order valence-corrected chi connectivity index (χ1v) is 7.32. The second-order valence-electron chi connectivity index (χ2n) is 5.87. The monoisotopic (exact) mass is 289 g/mol. The lowest BCUT2D eigenvalue weighted by molar-refractivity contribution is -0.145. The zero-order valence-electron chi connectivity index (χ0n) is 12.1. The van der Waals surface area contributed by atoms with Crippen molar-refractivity contribution in [3.05, 3.63) is 23.8 Å². The van der Waals surface area contributed by atoms with Crippen LogP contribution >= 0.6 is 0 Å². The molecule has 0 radical (unpaired) electrons. The van der Waals surface area contributed by atoms with E-state index < -0.39 is 11.4 Å². The molecule has 5 heteroatoms. The Morgan fingerprint density at radius 2 is 2.00 bits per heavy atom.